The van der Waals surface area contributed by atoms with Crippen molar-refractivity contribution >= 4 is 17.7 Å². The van der Waals surface area contributed by atoms with Gasteiger partial charge in [0.05, 0.1) is 25.6 Å². The molecule has 0 unspecified atom stereocenters. The van der Waals surface area contributed by atoms with E-state index in [2.05, 4.69) is 4.99 Å². The first-order valence-electron chi connectivity index (χ1n) is 4.57. The van der Waals surface area contributed by atoms with Crippen molar-refractivity contribution in [2.24, 2.45) is 4.99 Å². The molecule has 0 aliphatic heterocycles. The van der Waals surface area contributed by atoms with Gasteiger partial charge in [-0.3, -0.25) is 0 Å². The molecule has 0 N–H and O–H groups in total. The number of aliphatic imine (C=N–C) groups is 1. The van der Waals surface area contributed by atoms with Crippen LogP contribution in [0.1, 0.15) is 25.7 Å². The topological polar surface area (TPSA) is 30.8 Å². The Kier molecular flexibility index (Phi) is 4.36. The predicted octanol–water partition coefficient (Wildman–Crippen LogP) is 2.19. The van der Waals surface area contributed by atoms with Gasteiger partial charge in [-0.05, 0) is 12.8 Å². The van der Waals surface area contributed by atoms with Crippen LogP contribution in [0.4, 0.5) is 0 Å². The predicted molar refractivity (Wildman–Crippen MR) is 53.4 cm³/mol. The number of alkyl halides is 1. The van der Waals surface area contributed by atoms with E-state index in [1.807, 2.05) is 0 Å². The van der Waals surface area contributed by atoms with Crippen LogP contribution in [-0.4, -0.2) is 31.7 Å². The molecule has 13 heavy (non-hydrogen) atoms. The van der Waals surface area contributed by atoms with E-state index >= 15 is 0 Å². The van der Waals surface area contributed by atoms with E-state index in [1.54, 1.807) is 14.2 Å². The Hall–Kier alpha value is -0.440. The summed E-state index contributed by atoms with van der Waals surface area (Å²) in [5.74, 6) is 0. The monoisotopic (exact) mass is 205 g/mol. The quantitative estimate of drug-likeness (QED) is 0.373. The molecule has 1 saturated carbocycles. The molecule has 1 aliphatic rings. The minimum atomic E-state index is 0.133. The van der Waals surface area contributed by atoms with E-state index in [1.165, 1.54) is 12.8 Å². The normalized spacial score (nSPS) is 27.9. The SMILES string of the molecule is COC(=N[C@@H]1CCCC[C@@H]1Cl)OC. The Morgan fingerprint density at radius 2 is 1.85 bits per heavy atom. The second kappa shape index (κ2) is 5.32. The first-order valence-corrected chi connectivity index (χ1v) is 5.01. The number of ether oxygens (including phenoxy) is 2. The first kappa shape index (κ1) is 10.6. The lowest BCUT2D eigenvalue weighted by Crippen LogP contribution is -2.25. The highest BCUT2D eigenvalue weighted by molar-refractivity contribution is 6.21. The fourth-order valence-corrected chi connectivity index (χ4v) is 1.87. The zero-order valence-electron chi connectivity index (χ0n) is 8.12. The maximum Gasteiger partial charge on any atom is 0.383 e. The second-order valence-electron chi connectivity index (χ2n) is 3.17. The molecule has 0 saturated heterocycles. The fraction of sp³-hybridized carbons (Fsp3) is 0.889. The van der Waals surface area contributed by atoms with Crippen molar-refractivity contribution in [3.05, 3.63) is 0 Å². The molecule has 1 rings (SSSR count). The molecule has 4 heteroatoms. The van der Waals surface area contributed by atoms with Gasteiger partial charge < -0.3 is 9.47 Å². The van der Waals surface area contributed by atoms with Crippen molar-refractivity contribution in [2.75, 3.05) is 14.2 Å². The largest absolute Gasteiger partial charge is 0.454 e. The number of hydrogen-bond donors (Lipinski definition) is 0. The Morgan fingerprint density at radius 3 is 2.38 bits per heavy atom. The molecule has 0 bridgehead atoms. The summed E-state index contributed by atoms with van der Waals surface area (Å²) in [6, 6.07) is 0.158. The zero-order valence-corrected chi connectivity index (χ0v) is 8.88. The van der Waals surface area contributed by atoms with E-state index in [9.17, 15) is 0 Å². The van der Waals surface area contributed by atoms with Gasteiger partial charge in [0.25, 0.3) is 0 Å². The van der Waals surface area contributed by atoms with Gasteiger partial charge in [0.1, 0.15) is 0 Å². The van der Waals surface area contributed by atoms with Crippen molar-refractivity contribution < 1.29 is 9.47 Å². The summed E-state index contributed by atoms with van der Waals surface area (Å²) >= 11 is 6.12. The molecule has 3 nitrogen and oxygen atoms in total. The van der Waals surface area contributed by atoms with E-state index < -0.39 is 0 Å². The maximum atomic E-state index is 6.12. The molecule has 0 aromatic heterocycles. The summed E-state index contributed by atoms with van der Waals surface area (Å²) in [5, 5.41) is 0.133. The Morgan fingerprint density at radius 1 is 1.23 bits per heavy atom. The molecular weight excluding hydrogens is 190 g/mol. The second-order valence-corrected chi connectivity index (χ2v) is 3.73. The van der Waals surface area contributed by atoms with Crippen LogP contribution < -0.4 is 0 Å². The van der Waals surface area contributed by atoms with Crippen LogP contribution in [0.25, 0.3) is 0 Å². The molecular formula is C9H16ClNO2. The summed E-state index contributed by atoms with van der Waals surface area (Å²) in [4.78, 5) is 4.29. The van der Waals surface area contributed by atoms with Gasteiger partial charge in [-0.25, -0.2) is 4.99 Å². The van der Waals surface area contributed by atoms with Crippen molar-refractivity contribution in [1.82, 2.24) is 0 Å². The Bertz CT molecular complexity index is 178. The smallest absolute Gasteiger partial charge is 0.383 e. The third-order valence-corrected chi connectivity index (χ3v) is 2.78. The van der Waals surface area contributed by atoms with Crippen LogP contribution in [0.15, 0.2) is 4.99 Å². The van der Waals surface area contributed by atoms with Crippen LogP contribution in [0.5, 0.6) is 0 Å². The minimum Gasteiger partial charge on any atom is -0.454 e. The van der Waals surface area contributed by atoms with Crippen molar-refractivity contribution in [3.63, 3.8) is 0 Å². The molecule has 0 spiro atoms. The summed E-state index contributed by atoms with van der Waals surface area (Å²) in [6.07, 6.45) is 4.80. The molecule has 0 amide bonds. The van der Waals surface area contributed by atoms with E-state index in [-0.39, 0.29) is 11.4 Å². The first-order chi connectivity index (χ1) is 6.27. The molecule has 1 aliphatic carbocycles. The Labute approximate surface area is 84.1 Å². The number of rotatable bonds is 1. The average molecular weight is 206 g/mol. The molecule has 0 radical (unpaired) electrons. The molecule has 2 atom stereocenters. The van der Waals surface area contributed by atoms with Gasteiger partial charge in [0, 0.05) is 0 Å². The van der Waals surface area contributed by atoms with Crippen molar-refractivity contribution in [1.29, 1.82) is 0 Å². The van der Waals surface area contributed by atoms with Gasteiger partial charge in [0.15, 0.2) is 0 Å². The van der Waals surface area contributed by atoms with Gasteiger partial charge in [-0.2, -0.15) is 0 Å². The lowest BCUT2D eigenvalue weighted by molar-refractivity contribution is 0.235. The van der Waals surface area contributed by atoms with Crippen LogP contribution in [0, 0.1) is 0 Å². The average Bonchev–Trinajstić information content (AvgIpc) is 2.17. The summed E-state index contributed by atoms with van der Waals surface area (Å²) in [7, 11) is 3.10. The number of halogens is 1. The number of nitrogens with zero attached hydrogens (tertiary/aromatic N) is 1. The molecule has 76 valence electrons. The molecule has 0 aromatic rings. The number of methoxy groups -OCH3 is 2. The third-order valence-electron chi connectivity index (χ3n) is 2.27. The minimum absolute atomic E-state index is 0.133. The maximum absolute atomic E-state index is 6.12. The van der Waals surface area contributed by atoms with Crippen LogP contribution in [0.2, 0.25) is 0 Å². The summed E-state index contributed by atoms with van der Waals surface area (Å²) < 4.78 is 9.84. The van der Waals surface area contributed by atoms with Gasteiger partial charge in [-0.1, -0.05) is 12.8 Å². The molecule has 0 aromatic carbocycles. The summed E-state index contributed by atoms with van der Waals surface area (Å²) in [6.45, 7) is 0. The van der Waals surface area contributed by atoms with E-state index in [0.29, 0.717) is 6.08 Å². The molecule has 1 fully saturated rings. The lowest BCUT2D eigenvalue weighted by Gasteiger charge is -2.23. The van der Waals surface area contributed by atoms with Crippen LogP contribution in [0.3, 0.4) is 0 Å². The third kappa shape index (κ3) is 3.07. The highest BCUT2D eigenvalue weighted by Gasteiger charge is 2.23. The van der Waals surface area contributed by atoms with Crippen molar-refractivity contribution in [2.45, 2.75) is 37.1 Å². The Balaban J connectivity index is 2.53. The lowest BCUT2D eigenvalue weighted by atomic mass is 9.95. The standard InChI is InChI=1S/C9H16ClNO2/c1-12-9(13-2)11-8-6-4-3-5-7(8)10/h7-8H,3-6H2,1-2H3/t7-,8+/m0/s1. The zero-order chi connectivity index (χ0) is 9.68. The van der Waals surface area contributed by atoms with Crippen LogP contribution >= 0.6 is 11.6 Å². The molecule has 0 heterocycles. The van der Waals surface area contributed by atoms with Gasteiger partial charge >= 0.3 is 6.08 Å². The van der Waals surface area contributed by atoms with Crippen molar-refractivity contribution in [3.8, 4) is 0 Å². The number of hydrogen-bond acceptors (Lipinski definition) is 3. The van der Waals surface area contributed by atoms with Gasteiger partial charge in [-0.15, -0.1) is 11.6 Å². The highest BCUT2D eigenvalue weighted by Crippen LogP contribution is 2.25. The summed E-state index contributed by atoms with van der Waals surface area (Å²) in [5.41, 5.74) is 0. The van der Waals surface area contributed by atoms with E-state index in [4.69, 9.17) is 21.1 Å². The van der Waals surface area contributed by atoms with E-state index in [0.717, 1.165) is 12.8 Å². The fourth-order valence-electron chi connectivity index (χ4n) is 1.54. The van der Waals surface area contributed by atoms with Gasteiger partial charge in [0.2, 0.25) is 0 Å². The highest BCUT2D eigenvalue weighted by atomic mass is 35.5. The van der Waals surface area contributed by atoms with Crippen LogP contribution in [-0.2, 0) is 9.47 Å².